The molecule has 0 unspecified atom stereocenters. The number of aliphatic hydroxyl groups excluding tert-OH is 2. The van der Waals surface area contributed by atoms with E-state index in [9.17, 15) is 15.0 Å². The molecule has 0 aliphatic carbocycles. The Balaban J connectivity index is 2.13. The monoisotopic (exact) mass is 328 g/mol. The van der Waals surface area contributed by atoms with Gasteiger partial charge in [-0.25, -0.2) is 9.78 Å². The summed E-state index contributed by atoms with van der Waals surface area (Å²) in [5.41, 5.74) is 1.86. The molecule has 3 aromatic rings. The Hall–Kier alpha value is -2.44. The fraction of sp³-hybridized carbons (Fsp3) is 0.333. The molecule has 1 aromatic carbocycles. The number of unbranched alkanes of at least 4 members (excludes halogenated alkanes) is 1. The summed E-state index contributed by atoms with van der Waals surface area (Å²) in [6.45, 7) is 1.87. The Morgan fingerprint density at radius 1 is 1.33 bits per heavy atom. The van der Waals surface area contributed by atoms with Gasteiger partial charge in [0.1, 0.15) is 11.8 Å². The molecule has 0 saturated heterocycles. The van der Waals surface area contributed by atoms with Crippen molar-refractivity contribution in [2.24, 2.45) is 0 Å². The van der Waals surface area contributed by atoms with E-state index in [0.717, 1.165) is 29.1 Å². The molecule has 3 N–H and O–H groups in total. The van der Waals surface area contributed by atoms with Gasteiger partial charge in [0.15, 0.2) is 0 Å². The van der Waals surface area contributed by atoms with Crippen LogP contribution in [0.3, 0.4) is 0 Å². The molecule has 0 bridgehead atoms. The number of ether oxygens (including phenoxy) is 1. The first-order chi connectivity index (χ1) is 11.7. The van der Waals surface area contributed by atoms with Crippen molar-refractivity contribution in [3.63, 3.8) is 0 Å². The first-order valence-electron chi connectivity index (χ1n) is 8.03. The summed E-state index contributed by atoms with van der Waals surface area (Å²) >= 11 is 0. The van der Waals surface area contributed by atoms with E-state index in [1.807, 2.05) is 31.2 Å². The number of nitrogens with one attached hydrogen (secondary N) is 1. The van der Waals surface area contributed by atoms with Crippen LogP contribution in [-0.4, -0.2) is 39.4 Å². The number of nitrogens with zero attached hydrogens (tertiary/aromatic N) is 1. The van der Waals surface area contributed by atoms with Crippen LogP contribution in [-0.2, 0) is 4.74 Å². The van der Waals surface area contributed by atoms with Crippen LogP contribution in [0.1, 0.15) is 42.1 Å². The Kier molecular flexibility index (Phi) is 4.78. The number of hydrogen-bond donors (Lipinski definition) is 3. The van der Waals surface area contributed by atoms with Gasteiger partial charge in [0.2, 0.25) is 0 Å². The fourth-order valence-corrected chi connectivity index (χ4v) is 2.69. The summed E-state index contributed by atoms with van der Waals surface area (Å²) in [5, 5.41) is 21.1. The predicted molar refractivity (Wildman–Crippen MR) is 90.8 cm³/mol. The van der Waals surface area contributed by atoms with Crippen molar-refractivity contribution < 1.29 is 19.7 Å². The van der Waals surface area contributed by atoms with E-state index >= 15 is 0 Å². The third kappa shape index (κ3) is 2.98. The van der Waals surface area contributed by atoms with E-state index in [2.05, 4.69) is 9.97 Å². The lowest BCUT2D eigenvalue weighted by molar-refractivity contribution is 0.0490. The molecule has 126 valence electrons. The van der Waals surface area contributed by atoms with Gasteiger partial charge in [-0.05, 0) is 18.6 Å². The standard InChI is InChI=1S/C18H20N2O4/c1-2-3-8-24-18(23)14-9-12-11-6-4-5-7-13(11)19-16(12)17(20-14)15(22)10-21/h4-7,9,15,19,21-22H,2-3,8,10H2,1H3/t15-/m1/s1. The van der Waals surface area contributed by atoms with Crippen LogP contribution in [0.15, 0.2) is 30.3 Å². The maximum absolute atomic E-state index is 12.2. The van der Waals surface area contributed by atoms with Crippen LogP contribution in [0.2, 0.25) is 0 Å². The minimum absolute atomic E-state index is 0.130. The molecule has 0 radical (unpaired) electrons. The van der Waals surface area contributed by atoms with Crippen LogP contribution in [0.25, 0.3) is 21.8 Å². The summed E-state index contributed by atoms with van der Waals surface area (Å²) in [7, 11) is 0. The van der Waals surface area contributed by atoms with E-state index in [0.29, 0.717) is 12.1 Å². The van der Waals surface area contributed by atoms with Crippen molar-refractivity contribution in [2.45, 2.75) is 25.9 Å². The molecule has 3 rings (SSSR count). The van der Waals surface area contributed by atoms with Gasteiger partial charge < -0.3 is 19.9 Å². The zero-order valence-corrected chi connectivity index (χ0v) is 13.5. The number of para-hydroxylation sites is 1. The highest BCUT2D eigenvalue weighted by Gasteiger charge is 2.20. The normalized spacial score (nSPS) is 12.6. The molecule has 6 heteroatoms. The van der Waals surface area contributed by atoms with E-state index in [-0.39, 0.29) is 11.4 Å². The molecular weight excluding hydrogens is 308 g/mol. The van der Waals surface area contributed by atoms with Gasteiger partial charge in [0.05, 0.1) is 24.4 Å². The average Bonchev–Trinajstić information content (AvgIpc) is 2.99. The SMILES string of the molecule is CCCCOC(=O)c1cc2c([nH]c3ccccc32)c([C@H](O)CO)n1. The molecule has 0 aliphatic rings. The van der Waals surface area contributed by atoms with Gasteiger partial charge >= 0.3 is 5.97 Å². The summed E-state index contributed by atoms with van der Waals surface area (Å²) in [5.74, 6) is -0.526. The van der Waals surface area contributed by atoms with Crippen LogP contribution >= 0.6 is 0 Å². The molecule has 2 aromatic heterocycles. The molecule has 6 nitrogen and oxygen atoms in total. The molecule has 0 spiro atoms. The zero-order valence-electron chi connectivity index (χ0n) is 13.5. The van der Waals surface area contributed by atoms with Gasteiger partial charge in [-0.15, -0.1) is 0 Å². The molecule has 0 fully saturated rings. The Morgan fingerprint density at radius 2 is 2.12 bits per heavy atom. The maximum Gasteiger partial charge on any atom is 0.356 e. The van der Waals surface area contributed by atoms with Gasteiger partial charge in [-0.2, -0.15) is 0 Å². The van der Waals surface area contributed by atoms with Crippen LogP contribution < -0.4 is 0 Å². The first kappa shape index (κ1) is 16.4. The number of hydrogen-bond acceptors (Lipinski definition) is 5. The zero-order chi connectivity index (χ0) is 17.1. The number of aromatic nitrogens is 2. The van der Waals surface area contributed by atoms with Gasteiger partial charge in [0, 0.05) is 16.3 Å². The van der Waals surface area contributed by atoms with Crippen molar-refractivity contribution >= 4 is 27.8 Å². The van der Waals surface area contributed by atoms with Crippen molar-refractivity contribution in [3.8, 4) is 0 Å². The smallest absolute Gasteiger partial charge is 0.356 e. The first-order valence-corrected chi connectivity index (χ1v) is 8.03. The number of fused-ring (bicyclic) bond motifs is 3. The van der Waals surface area contributed by atoms with Crippen molar-refractivity contribution in [1.29, 1.82) is 0 Å². The van der Waals surface area contributed by atoms with Crippen LogP contribution in [0.5, 0.6) is 0 Å². The number of rotatable bonds is 6. The number of aromatic amines is 1. The average molecular weight is 328 g/mol. The predicted octanol–water partition coefficient (Wildman–Crippen LogP) is 2.70. The number of esters is 1. The summed E-state index contributed by atoms with van der Waals surface area (Å²) in [6.07, 6.45) is 0.535. The highest BCUT2D eigenvalue weighted by Crippen LogP contribution is 2.30. The Morgan fingerprint density at radius 3 is 2.88 bits per heavy atom. The molecular formula is C18H20N2O4. The van der Waals surface area contributed by atoms with Crippen LogP contribution in [0.4, 0.5) is 0 Å². The minimum Gasteiger partial charge on any atom is -0.461 e. The Bertz CT molecular complexity index is 872. The maximum atomic E-state index is 12.2. The molecule has 24 heavy (non-hydrogen) atoms. The van der Waals surface area contributed by atoms with Crippen molar-refractivity contribution in [2.75, 3.05) is 13.2 Å². The van der Waals surface area contributed by atoms with E-state index in [1.54, 1.807) is 6.07 Å². The topological polar surface area (TPSA) is 95.4 Å². The lowest BCUT2D eigenvalue weighted by Gasteiger charge is -2.10. The summed E-state index contributed by atoms with van der Waals surface area (Å²) in [4.78, 5) is 19.7. The number of H-pyrrole nitrogens is 1. The third-order valence-corrected chi connectivity index (χ3v) is 3.95. The highest BCUT2D eigenvalue weighted by atomic mass is 16.5. The van der Waals surface area contributed by atoms with E-state index in [4.69, 9.17) is 4.74 Å². The van der Waals surface area contributed by atoms with Crippen molar-refractivity contribution in [1.82, 2.24) is 9.97 Å². The number of aliphatic hydroxyl groups is 2. The lowest BCUT2D eigenvalue weighted by atomic mass is 10.1. The molecule has 0 saturated carbocycles. The summed E-state index contributed by atoms with van der Waals surface area (Å²) < 4.78 is 5.22. The molecule has 2 heterocycles. The largest absolute Gasteiger partial charge is 0.461 e. The molecule has 0 amide bonds. The second-order valence-electron chi connectivity index (χ2n) is 5.67. The minimum atomic E-state index is -1.18. The molecule has 1 atom stereocenters. The number of carbonyl (C=O) groups excluding carboxylic acids is 1. The van der Waals surface area contributed by atoms with Crippen molar-refractivity contribution in [3.05, 3.63) is 41.7 Å². The number of pyridine rings is 1. The highest BCUT2D eigenvalue weighted by molar-refractivity contribution is 6.09. The second-order valence-corrected chi connectivity index (χ2v) is 5.67. The van der Waals surface area contributed by atoms with E-state index < -0.39 is 18.7 Å². The van der Waals surface area contributed by atoms with Gasteiger partial charge in [0.25, 0.3) is 0 Å². The number of carbonyl (C=O) groups is 1. The van der Waals surface area contributed by atoms with Gasteiger partial charge in [-0.1, -0.05) is 31.5 Å². The lowest BCUT2D eigenvalue weighted by Crippen LogP contribution is -2.13. The quantitative estimate of drug-likeness (QED) is 0.478. The third-order valence-electron chi connectivity index (χ3n) is 3.95. The Labute approximate surface area is 139 Å². The van der Waals surface area contributed by atoms with Gasteiger partial charge in [-0.3, -0.25) is 0 Å². The summed E-state index contributed by atoms with van der Waals surface area (Å²) in [6, 6.07) is 9.29. The van der Waals surface area contributed by atoms with Crippen LogP contribution in [0, 0.1) is 0 Å². The molecule has 0 aliphatic heterocycles. The fourth-order valence-electron chi connectivity index (χ4n) is 2.69. The number of benzene rings is 1. The second kappa shape index (κ2) is 6.98. The van der Waals surface area contributed by atoms with E-state index in [1.165, 1.54) is 0 Å².